The van der Waals surface area contributed by atoms with E-state index in [0.29, 0.717) is 30.4 Å². The summed E-state index contributed by atoms with van der Waals surface area (Å²) < 4.78 is 10.1. The maximum atomic E-state index is 12.5. The molecule has 2 aromatic heterocycles. The Kier molecular flexibility index (Phi) is 5.17. The number of ether oxygens (including phenoxy) is 1. The lowest BCUT2D eigenvalue weighted by molar-refractivity contribution is -0.133. The quantitative estimate of drug-likeness (QED) is 0.876. The average molecular weight is 332 g/mol. The lowest BCUT2D eigenvalue weighted by Gasteiger charge is -2.32. The fourth-order valence-corrected chi connectivity index (χ4v) is 3.22. The second-order valence-corrected chi connectivity index (χ2v) is 6.42. The Balaban J connectivity index is 1.50. The Morgan fingerprint density at radius 3 is 3.12 bits per heavy atom. The number of H-pyrrole nitrogens is 1. The number of nitrogens with zero attached hydrogens (tertiary/aromatic N) is 3. The monoisotopic (exact) mass is 332 g/mol. The van der Waals surface area contributed by atoms with Gasteiger partial charge in [-0.2, -0.15) is 5.10 Å². The lowest BCUT2D eigenvalue weighted by Crippen LogP contribution is -2.40. The molecule has 2 aromatic rings. The van der Waals surface area contributed by atoms with Crippen molar-refractivity contribution in [3.8, 4) is 5.88 Å². The highest BCUT2D eigenvalue weighted by molar-refractivity contribution is 5.76. The molecule has 0 saturated carbocycles. The number of amides is 1. The molecule has 1 fully saturated rings. The van der Waals surface area contributed by atoms with E-state index in [-0.39, 0.29) is 5.91 Å². The molecular weight excluding hydrogens is 308 g/mol. The number of aromatic amines is 1. The fourth-order valence-electron chi connectivity index (χ4n) is 3.22. The van der Waals surface area contributed by atoms with Crippen molar-refractivity contribution in [2.75, 3.05) is 20.2 Å². The van der Waals surface area contributed by atoms with Gasteiger partial charge in [-0.15, -0.1) is 0 Å². The summed E-state index contributed by atoms with van der Waals surface area (Å²) in [5.74, 6) is 1.80. The minimum Gasteiger partial charge on any atom is -0.479 e. The summed E-state index contributed by atoms with van der Waals surface area (Å²) in [6.07, 6.45) is 6.01. The summed E-state index contributed by atoms with van der Waals surface area (Å²) in [4.78, 5) is 14.5. The van der Waals surface area contributed by atoms with Crippen LogP contribution in [0.3, 0.4) is 0 Å². The summed E-state index contributed by atoms with van der Waals surface area (Å²) in [5, 5.41) is 10.9. The van der Waals surface area contributed by atoms with Crippen molar-refractivity contribution in [2.45, 2.75) is 39.0 Å². The van der Waals surface area contributed by atoms with Crippen LogP contribution >= 0.6 is 0 Å². The van der Waals surface area contributed by atoms with Crippen LogP contribution in [0.1, 0.15) is 36.3 Å². The summed E-state index contributed by atoms with van der Waals surface area (Å²) in [6.45, 7) is 3.73. The maximum Gasteiger partial charge on any atom is 0.254 e. The molecule has 0 radical (unpaired) electrons. The number of carbonyl (C=O) groups is 1. The number of likely N-dealkylation sites (tertiary alicyclic amines) is 1. The molecule has 1 aliphatic heterocycles. The summed E-state index contributed by atoms with van der Waals surface area (Å²) in [5.41, 5.74) is 2.38. The minimum absolute atomic E-state index is 0.177. The average Bonchev–Trinajstić information content (AvgIpc) is 3.22. The summed E-state index contributed by atoms with van der Waals surface area (Å²) in [6, 6.07) is 1.73. The first kappa shape index (κ1) is 16.5. The van der Waals surface area contributed by atoms with E-state index in [4.69, 9.17) is 9.26 Å². The predicted octanol–water partition coefficient (Wildman–Crippen LogP) is 2.13. The van der Waals surface area contributed by atoms with Crippen LogP contribution < -0.4 is 4.74 Å². The molecule has 1 saturated heterocycles. The predicted molar refractivity (Wildman–Crippen MR) is 87.7 cm³/mol. The molecule has 1 unspecified atom stereocenters. The van der Waals surface area contributed by atoms with Crippen molar-refractivity contribution in [3.05, 3.63) is 29.3 Å². The number of rotatable bonds is 6. The SMILES string of the molecule is COc1cc(CCC(=O)N2CCCC(Cc3[nH]ncc3C)C2)on1. The van der Waals surface area contributed by atoms with Gasteiger partial charge in [0.25, 0.3) is 5.88 Å². The zero-order valence-corrected chi connectivity index (χ0v) is 14.2. The first-order chi connectivity index (χ1) is 11.7. The zero-order valence-electron chi connectivity index (χ0n) is 14.2. The fraction of sp³-hybridized carbons (Fsp3) is 0.588. The van der Waals surface area contributed by atoms with Gasteiger partial charge in [0.05, 0.1) is 13.3 Å². The molecule has 1 atom stereocenters. The topological polar surface area (TPSA) is 84.2 Å². The van der Waals surface area contributed by atoms with Gasteiger partial charge in [-0.25, -0.2) is 0 Å². The number of aromatic nitrogens is 3. The standard InChI is InChI=1S/C17H24N4O3/c1-12-10-18-19-15(12)8-13-4-3-7-21(11-13)17(22)6-5-14-9-16(23-2)20-24-14/h9-10,13H,3-8,11H2,1-2H3,(H,18,19). The van der Waals surface area contributed by atoms with Crippen LogP contribution in [-0.2, 0) is 17.6 Å². The molecule has 7 nitrogen and oxygen atoms in total. The molecule has 0 bridgehead atoms. The first-order valence-electron chi connectivity index (χ1n) is 8.42. The highest BCUT2D eigenvalue weighted by Gasteiger charge is 2.24. The van der Waals surface area contributed by atoms with E-state index in [9.17, 15) is 4.79 Å². The number of methoxy groups -OCH3 is 1. The van der Waals surface area contributed by atoms with Crippen LogP contribution in [-0.4, -0.2) is 46.4 Å². The highest BCUT2D eigenvalue weighted by Crippen LogP contribution is 2.22. The van der Waals surface area contributed by atoms with Gasteiger partial charge in [-0.05, 0) is 42.8 Å². The van der Waals surface area contributed by atoms with Gasteiger partial charge in [-0.3, -0.25) is 9.89 Å². The van der Waals surface area contributed by atoms with Gasteiger partial charge < -0.3 is 14.2 Å². The second kappa shape index (κ2) is 7.51. The molecule has 3 rings (SSSR count). The van der Waals surface area contributed by atoms with Crippen LogP contribution in [0, 0.1) is 12.8 Å². The number of nitrogens with one attached hydrogen (secondary N) is 1. The largest absolute Gasteiger partial charge is 0.479 e. The van der Waals surface area contributed by atoms with Crippen molar-refractivity contribution < 1.29 is 14.1 Å². The maximum absolute atomic E-state index is 12.5. The molecule has 130 valence electrons. The third-order valence-corrected chi connectivity index (χ3v) is 4.63. The van der Waals surface area contributed by atoms with Gasteiger partial charge >= 0.3 is 0 Å². The van der Waals surface area contributed by atoms with Gasteiger partial charge in [0, 0.05) is 37.7 Å². The van der Waals surface area contributed by atoms with E-state index in [2.05, 4.69) is 22.3 Å². The molecule has 1 amide bonds. The summed E-state index contributed by atoms with van der Waals surface area (Å²) in [7, 11) is 1.54. The van der Waals surface area contributed by atoms with E-state index in [1.165, 1.54) is 11.3 Å². The molecule has 24 heavy (non-hydrogen) atoms. The van der Waals surface area contributed by atoms with Crippen molar-refractivity contribution in [3.63, 3.8) is 0 Å². The Morgan fingerprint density at radius 1 is 1.54 bits per heavy atom. The number of piperidine rings is 1. The smallest absolute Gasteiger partial charge is 0.254 e. The summed E-state index contributed by atoms with van der Waals surface area (Å²) >= 11 is 0. The van der Waals surface area contributed by atoms with Gasteiger partial charge in [-0.1, -0.05) is 0 Å². The van der Waals surface area contributed by atoms with Crippen LogP contribution in [0.25, 0.3) is 0 Å². The Hall–Kier alpha value is -2.31. The van der Waals surface area contributed by atoms with Crippen molar-refractivity contribution in [1.29, 1.82) is 0 Å². The first-order valence-corrected chi connectivity index (χ1v) is 8.42. The normalized spacial score (nSPS) is 17.9. The van der Waals surface area contributed by atoms with Crippen LogP contribution in [0.5, 0.6) is 5.88 Å². The Morgan fingerprint density at radius 2 is 2.42 bits per heavy atom. The molecule has 1 N–H and O–H groups in total. The molecule has 7 heteroatoms. The Labute approximate surface area is 141 Å². The van der Waals surface area contributed by atoms with E-state index < -0.39 is 0 Å². The van der Waals surface area contributed by atoms with Crippen LogP contribution in [0.4, 0.5) is 0 Å². The number of carbonyl (C=O) groups excluding carboxylic acids is 1. The lowest BCUT2D eigenvalue weighted by atomic mass is 9.92. The molecule has 0 spiro atoms. The minimum atomic E-state index is 0.177. The molecule has 1 aliphatic rings. The molecule has 0 aliphatic carbocycles. The van der Waals surface area contributed by atoms with Gasteiger partial charge in [0.15, 0.2) is 0 Å². The van der Waals surface area contributed by atoms with Crippen molar-refractivity contribution in [1.82, 2.24) is 20.3 Å². The number of hydrogen-bond acceptors (Lipinski definition) is 5. The molecule has 3 heterocycles. The van der Waals surface area contributed by atoms with Gasteiger partial charge in [0.2, 0.25) is 5.91 Å². The number of hydrogen-bond donors (Lipinski definition) is 1. The van der Waals surface area contributed by atoms with E-state index >= 15 is 0 Å². The number of aryl methyl sites for hydroxylation is 2. The van der Waals surface area contributed by atoms with Gasteiger partial charge in [0.1, 0.15) is 5.76 Å². The van der Waals surface area contributed by atoms with E-state index in [0.717, 1.165) is 32.4 Å². The Bertz CT molecular complexity index is 679. The zero-order chi connectivity index (χ0) is 16.9. The third kappa shape index (κ3) is 3.96. The van der Waals surface area contributed by atoms with Crippen molar-refractivity contribution in [2.24, 2.45) is 5.92 Å². The van der Waals surface area contributed by atoms with Crippen LogP contribution in [0.15, 0.2) is 16.8 Å². The molecule has 0 aromatic carbocycles. The van der Waals surface area contributed by atoms with Crippen molar-refractivity contribution >= 4 is 5.91 Å². The second-order valence-electron chi connectivity index (χ2n) is 6.42. The van der Waals surface area contributed by atoms with Crippen LogP contribution in [0.2, 0.25) is 0 Å². The molecular formula is C17H24N4O3. The third-order valence-electron chi connectivity index (χ3n) is 4.63. The van der Waals surface area contributed by atoms with E-state index in [1.807, 2.05) is 11.1 Å². The highest BCUT2D eigenvalue weighted by atomic mass is 16.5. The van der Waals surface area contributed by atoms with E-state index in [1.54, 1.807) is 13.2 Å².